The predicted molar refractivity (Wildman–Crippen MR) is 106 cm³/mol. The molecule has 136 valence electrons. The normalized spacial score (nSPS) is 20.1. The first-order valence-electron chi connectivity index (χ1n) is 8.73. The van der Waals surface area contributed by atoms with Crippen LogP contribution in [0, 0.1) is 5.92 Å². The first-order valence-corrected chi connectivity index (χ1v) is 8.73. The summed E-state index contributed by atoms with van der Waals surface area (Å²) in [5.41, 5.74) is 10.6. The Kier molecular flexibility index (Phi) is 5.71. The van der Waals surface area contributed by atoms with Gasteiger partial charge in [0.1, 0.15) is 0 Å². The van der Waals surface area contributed by atoms with Gasteiger partial charge in [-0.05, 0) is 30.2 Å². The molecule has 3 aromatic rings. The highest BCUT2D eigenvalue weighted by Crippen LogP contribution is 2.26. The second-order valence-corrected chi connectivity index (χ2v) is 6.85. The summed E-state index contributed by atoms with van der Waals surface area (Å²) >= 11 is 0. The predicted octanol–water partition coefficient (Wildman–Crippen LogP) is 3.14. The molecule has 2 N–H and O–H groups in total. The summed E-state index contributed by atoms with van der Waals surface area (Å²) in [6.07, 6.45) is 5.77. The van der Waals surface area contributed by atoms with Crippen molar-refractivity contribution in [3.8, 4) is 16.9 Å². The molecule has 3 heterocycles. The molecule has 1 aromatic carbocycles. The van der Waals surface area contributed by atoms with Gasteiger partial charge in [0.2, 0.25) is 0 Å². The first-order chi connectivity index (χ1) is 12.2. The van der Waals surface area contributed by atoms with E-state index < -0.39 is 0 Å². The van der Waals surface area contributed by atoms with E-state index in [2.05, 4.69) is 35.1 Å². The van der Waals surface area contributed by atoms with Crippen molar-refractivity contribution >= 4 is 12.4 Å². The van der Waals surface area contributed by atoms with E-state index in [1.54, 1.807) is 0 Å². The third-order valence-corrected chi connectivity index (χ3v) is 4.90. The summed E-state index contributed by atoms with van der Waals surface area (Å²) in [4.78, 5) is 6.55. The maximum Gasteiger partial charge on any atom is 0.0973 e. The van der Waals surface area contributed by atoms with Gasteiger partial charge in [0, 0.05) is 55.4 Å². The number of pyridine rings is 1. The van der Waals surface area contributed by atoms with E-state index in [1.807, 2.05) is 47.4 Å². The van der Waals surface area contributed by atoms with Crippen LogP contribution in [0.15, 0.2) is 61.1 Å². The Bertz CT molecular complexity index is 824. The largest absolute Gasteiger partial charge is 0.326 e. The van der Waals surface area contributed by atoms with E-state index in [-0.39, 0.29) is 18.4 Å². The van der Waals surface area contributed by atoms with Crippen molar-refractivity contribution in [2.75, 3.05) is 13.1 Å². The molecule has 6 heteroatoms. The topological polar surface area (TPSA) is 60.0 Å². The van der Waals surface area contributed by atoms with Crippen molar-refractivity contribution in [2.24, 2.45) is 11.7 Å². The zero-order chi connectivity index (χ0) is 17.2. The highest BCUT2D eigenvalue weighted by molar-refractivity contribution is 5.85. The molecule has 0 amide bonds. The molecule has 5 nitrogen and oxygen atoms in total. The molecule has 1 saturated heterocycles. The van der Waals surface area contributed by atoms with Crippen LogP contribution >= 0.6 is 12.4 Å². The van der Waals surface area contributed by atoms with Crippen LogP contribution in [0.2, 0.25) is 0 Å². The number of likely N-dealkylation sites (tertiary alicyclic amines) is 1. The van der Waals surface area contributed by atoms with Crippen molar-refractivity contribution in [2.45, 2.75) is 19.5 Å². The number of halogens is 1. The van der Waals surface area contributed by atoms with Gasteiger partial charge in [0.25, 0.3) is 0 Å². The second-order valence-electron chi connectivity index (χ2n) is 6.85. The number of hydrogen-bond donors (Lipinski definition) is 1. The van der Waals surface area contributed by atoms with Gasteiger partial charge in [0.05, 0.1) is 11.4 Å². The molecule has 4 rings (SSSR count). The molecule has 2 unspecified atom stereocenters. The van der Waals surface area contributed by atoms with Crippen LogP contribution in [0.3, 0.4) is 0 Å². The lowest BCUT2D eigenvalue weighted by atomic mass is 10.1. The van der Waals surface area contributed by atoms with Crippen LogP contribution in [0.25, 0.3) is 16.9 Å². The Morgan fingerprint density at radius 3 is 2.46 bits per heavy atom. The van der Waals surface area contributed by atoms with Crippen LogP contribution in [-0.4, -0.2) is 38.8 Å². The summed E-state index contributed by atoms with van der Waals surface area (Å²) in [6.45, 7) is 5.06. The number of hydrogen-bond acceptors (Lipinski definition) is 4. The van der Waals surface area contributed by atoms with Crippen LogP contribution in [0.5, 0.6) is 0 Å². The Morgan fingerprint density at radius 1 is 1.08 bits per heavy atom. The van der Waals surface area contributed by atoms with Crippen molar-refractivity contribution < 1.29 is 0 Å². The lowest BCUT2D eigenvalue weighted by molar-refractivity contribution is 0.319. The Morgan fingerprint density at radius 2 is 1.81 bits per heavy atom. The Labute approximate surface area is 160 Å². The molecular weight excluding hydrogens is 346 g/mol. The lowest BCUT2D eigenvalue weighted by Gasteiger charge is -2.14. The van der Waals surface area contributed by atoms with Crippen molar-refractivity contribution in [3.05, 3.63) is 66.6 Å². The van der Waals surface area contributed by atoms with Gasteiger partial charge >= 0.3 is 0 Å². The number of rotatable bonds is 4. The lowest BCUT2D eigenvalue weighted by Crippen LogP contribution is -2.28. The SMILES string of the molecule is CC1CN(Cc2cn(-c3ccccc3)nc2-c2ccncc2)CC1N.Cl. The van der Waals surface area contributed by atoms with Crippen molar-refractivity contribution in [1.82, 2.24) is 19.7 Å². The fourth-order valence-corrected chi connectivity index (χ4v) is 3.46. The zero-order valence-electron chi connectivity index (χ0n) is 14.8. The Hall–Kier alpha value is -2.21. The second kappa shape index (κ2) is 7.99. The summed E-state index contributed by atoms with van der Waals surface area (Å²) in [5, 5.41) is 4.86. The highest BCUT2D eigenvalue weighted by atomic mass is 35.5. The number of benzene rings is 1. The standard InChI is InChI=1S/C20H23N5.ClH/c1-15-11-24(14-19(15)21)12-17-13-25(18-5-3-2-4-6-18)23-20(17)16-7-9-22-10-8-16;/h2-10,13,15,19H,11-12,14,21H2,1H3;1H. The van der Waals surface area contributed by atoms with E-state index in [0.29, 0.717) is 5.92 Å². The molecule has 0 aliphatic carbocycles. The number of para-hydroxylation sites is 1. The van der Waals surface area contributed by atoms with Gasteiger partial charge in [-0.15, -0.1) is 12.4 Å². The molecule has 2 atom stereocenters. The summed E-state index contributed by atoms with van der Waals surface area (Å²) in [7, 11) is 0. The van der Waals surface area contributed by atoms with E-state index in [1.165, 1.54) is 5.56 Å². The minimum absolute atomic E-state index is 0. The average Bonchev–Trinajstić information content (AvgIpc) is 3.20. The fourth-order valence-electron chi connectivity index (χ4n) is 3.46. The van der Waals surface area contributed by atoms with Crippen LogP contribution in [0.4, 0.5) is 0 Å². The van der Waals surface area contributed by atoms with Crippen LogP contribution in [-0.2, 0) is 6.54 Å². The van der Waals surface area contributed by atoms with Crippen LogP contribution in [0.1, 0.15) is 12.5 Å². The molecule has 0 bridgehead atoms. The smallest absolute Gasteiger partial charge is 0.0973 e. The minimum atomic E-state index is 0. The van der Waals surface area contributed by atoms with E-state index >= 15 is 0 Å². The molecule has 0 saturated carbocycles. The maximum atomic E-state index is 6.20. The van der Waals surface area contributed by atoms with Gasteiger partial charge < -0.3 is 5.73 Å². The van der Waals surface area contributed by atoms with Gasteiger partial charge in [0.15, 0.2) is 0 Å². The van der Waals surface area contributed by atoms with Crippen molar-refractivity contribution in [1.29, 1.82) is 0 Å². The Balaban J connectivity index is 0.00000196. The van der Waals surface area contributed by atoms with Gasteiger partial charge in [-0.1, -0.05) is 25.1 Å². The fraction of sp³-hybridized carbons (Fsp3) is 0.300. The molecule has 0 radical (unpaired) electrons. The average molecular weight is 370 g/mol. The molecule has 26 heavy (non-hydrogen) atoms. The monoisotopic (exact) mass is 369 g/mol. The molecular formula is C20H24ClN5. The summed E-state index contributed by atoms with van der Waals surface area (Å²) in [6, 6.07) is 14.5. The van der Waals surface area contributed by atoms with Gasteiger partial charge in [-0.25, -0.2) is 4.68 Å². The molecule has 1 aliphatic heterocycles. The highest BCUT2D eigenvalue weighted by Gasteiger charge is 2.27. The number of nitrogens with two attached hydrogens (primary N) is 1. The summed E-state index contributed by atoms with van der Waals surface area (Å²) in [5.74, 6) is 0.536. The summed E-state index contributed by atoms with van der Waals surface area (Å²) < 4.78 is 1.96. The van der Waals surface area contributed by atoms with E-state index in [4.69, 9.17) is 10.8 Å². The molecule has 2 aromatic heterocycles. The third-order valence-electron chi connectivity index (χ3n) is 4.90. The third kappa shape index (κ3) is 3.80. The zero-order valence-corrected chi connectivity index (χ0v) is 15.6. The van der Waals surface area contributed by atoms with Gasteiger partial charge in [-0.3, -0.25) is 9.88 Å². The van der Waals surface area contributed by atoms with Crippen molar-refractivity contribution in [3.63, 3.8) is 0 Å². The molecule has 1 fully saturated rings. The first kappa shape index (κ1) is 18.6. The quantitative estimate of drug-likeness (QED) is 0.767. The van der Waals surface area contributed by atoms with Gasteiger partial charge in [-0.2, -0.15) is 5.10 Å². The minimum Gasteiger partial charge on any atom is -0.326 e. The van der Waals surface area contributed by atoms with Crippen LogP contribution < -0.4 is 5.73 Å². The van der Waals surface area contributed by atoms with E-state index in [9.17, 15) is 0 Å². The molecule has 1 aliphatic rings. The number of aromatic nitrogens is 3. The molecule has 0 spiro atoms. The number of nitrogens with zero attached hydrogens (tertiary/aromatic N) is 4. The van der Waals surface area contributed by atoms with E-state index in [0.717, 1.165) is 36.6 Å². The maximum absolute atomic E-state index is 6.20.